The summed E-state index contributed by atoms with van der Waals surface area (Å²) in [5.41, 5.74) is 8.26. The molecule has 22 heavy (non-hydrogen) atoms. The fourth-order valence-corrected chi connectivity index (χ4v) is 5.54. The van der Waals surface area contributed by atoms with E-state index in [-0.39, 0.29) is 23.7 Å². The van der Waals surface area contributed by atoms with Crippen LogP contribution in [0.15, 0.2) is 40.3 Å². The number of benzene rings is 1. The minimum absolute atomic E-state index is 0.00599. The van der Waals surface area contributed by atoms with Gasteiger partial charge in [-0.15, -0.1) is 0 Å². The zero-order valence-electron chi connectivity index (χ0n) is 12.4. The molecule has 3 rings (SSSR count). The van der Waals surface area contributed by atoms with Gasteiger partial charge in [-0.2, -0.15) is 0 Å². The number of fused-ring (bicyclic) bond motifs is 1. The lowest BCUT2D eigenvalue weighted by Crippen LogP contribution is -2.37. The molecule has 1 unspecified atom stereocenters. The van der Waals surface area contributed by atoms with Gasteiger partial charge in [-0.3, -0.25) is 0 Å². The fraction of sp³-hybridized carbons (Fsp3) is 0.600. The van der Waals surface area contributed by atoms with Crippen LogP contribution in [-0.4, -0.2) is 32.4 Å². The van der Waals surface area contributed by atoms with Gasteiger partial charge in [0.1, 0.15) is 0 Å². The van der Waals surface area contributed by atoms with Gasteiger partial charge in [-0.1, -0.05) is 30.2 Å². The van der Waals surface area contributed by atoms with E-state index < -0.39 is 15.4 Å². The predicted octanol–water partition coefficient (Wildman–Crippen LogP) is 2.95. The zero-order chi connectivity index (χ0) is 15.8. The van der Waals surface area contributed by atoms with E-state index in [1.165, 1.54) is 0 Å². The first-order valence-electron chi connectivity index (χ1n) is 7.42. The lowest BCUT2D eigenvalue weighted by atomic mass is 9.81. The van der Waals surface area contributed by atoms with E-state index in [2.05, 4.69) is 10.0 Å². The molecular weight excluding hydrogens is 302 g/mol. The smallest absolute Gasteiger partial charge is 0.178 e. The first-order valence-corrected chi connectivity index (χ1v) is 9.07. The summed E-state index contributed by atoms with van der Waals surface area (Å²) in [7, 11) is -3.36. The molecule has 2 fully saturated rings. The van der Waals surface area contributed by atoms with E-state index >= 15 is 0 Å². The average Bonchev–Trinajstić information content (AvgIpc) is 3.03. The largest absolute Gasteiger partial charge is 0.378 e. The first kappa shape index (κ1) is 15.3. The Kier molecular flexibility index (Phi) is 3.89. The third kappa shape index (κ3) is 2.60. The highest BCUT2D eigenvalue weighted by molar-refractivity contribution is 7.91. The molecule has 1 aromatic carbocycles. The first-order chi connectivity index (χ1) is 10.5. The molecule has 0 aromatic heterocycles. The molecule has 7 heteroatoms. The summed E-state index contributed by atoms with van der Waals surface area (Å²) in [4.78, 5) is 3.29. The maximum absolute atomic E-state index is 12.6. The summed E-state index contributed by atoms with van der Waals surface area (Å²) in [5.74, 6) is -0.121. The van der Waals surface area contributed by atoms with Crippen LogP contribution in [0.2, 0.25) is 0 Å². The van der Waals surface area contributed by atoms with E-state index in [9.17, 15) is 8.42 Å². The quantitative estimate of drug-likeness (QED) is 0.485. The Hall–Kier alpha value is -1.56. The average molecular weight is 321 g/mol. The molecule has 1 aromatic rings. The van der Waals surface area contributed by atoms with Gasteiger partial charge in [-0.25, -0.2) is 8.42 Å². The maximum Gasteiger partial charge on any atom is 0.178 e. The van der Waals surface area contributed by atoms with Crippen molar-refractivity contribution >= 4 is 9.84 Å². The molecule has 1 aliphatic carbocycles. The second-order valence-corrected chi connectivity index (χ2v) is 8.37. The number of azide groups is 1. The molecule has 0 N–H and O–H groups in total. The van der Waals surface area contributed by atoms with Gasteiger partial charge in [0.05, 0.1) is 28.9 Å². The van der Waals surface area contributed by atoms with Gasteiger partial charge in [0.15, 0.2) is 9.84 Å². The summed E-state index contributed by atoms with van der Waals surface area (Å²) in [6.45, 7) is 2.33. The van der Waals surface area contributed by atoms with Gasteiger partial charge in [0.25, 0.3) is 0 Å². The minimum Gasteiger partial charge on any atom is -0.378 e. The highest BCUT2D eigenvalue weighted by Crippen LogP contribution is 2.49. The molecule has 4 atom stereocenters. The van der Waals surface area contributed by atoms with Crippen molar-refractivity contribution < 1.29 is 13.2 Å². The third-order valence-corrected chi connectivity index (χ3v) is 6.75. The number of hydrogen-bond donors (Lipinski definition) is 0. The predicted molar refractivity (Wildman–Crippen MR) is 82.0 cm³/mol. The third-order valence-electron chi connectivity index (χ3n) is 4.89. The second-order valence-electron chi connectivity index (χ2n) is 6.34. The Morgan fingerprint density at radius 3 is 2.82 bits per heavy atom. The number of hydrogen-bond acceptors (Lipinski definition) is 4. The Labute approximate surface area is 130 Å². The van der Waals surface area contributed by atoms with Crippen molar-refractivity contribution in [1.82, 2.24) is 0 Å². The van der Waals surface area contributed by atoms with Crippen LogP contribution in [-0.2, 0) is 14.6 Å². The lowest BCUT2D eigenvalue weighted by Gasteiger charge is -2.29. The van der Waals surface area contributed by atoms with Crippen LogP contribution in [0.3, 0.4) is 0 Å². The second kappa shape index (κ2) is 5.57. The molecular formula is C15H19N3O3S. The van der Waals surface area contributed by atoms with Crippen molar-refractivity contribution in [2.24, 2.45) is 17.0 Å². The molecule has 0 radical (unpaired) electrons. The van der Waals surface area contributed by atoms with Crippen LogP contribution in [0, 0.1) is 11.8 Å². The number of nitrogens with zero attached hydrogens (tertiary/aromatic N) is 3. The maximum atomic E-state index is 12.6. The zero-order valence-corrected chi connectivity index (χ0v) is 13.2. The Morgan fingerprint density at radius 2 is 2.14 bits per heavy atom. The summed E-state index contributed by atoms with van der Waals surface area (Å²) in [5, 5.41) is 3.96. The van der Waals surface area contributed by atoms with Crippen molar-refractivity contribution in [1.29, 1.82) is 0 Å². The molecule has 0 bridgehead atoms. The Morgan fingerprint density at radius 1 is 1.41 bits per heavy atom. The monoisotopic (exact) mass is 321 g/mol. The van der Waals surface area contributed by atoms with Crippen molar-refractivity contribution in [3.8, 4) is 0 Å². The van der Waals surface area contributed by atoms with Crippen LogP contribution in [0.4, 0.5) is 0 Å². The van der Waals surface area contributed by atoms with Gasteiger partial charge in [-0.05, 0) is 30.5 Å². The highest BCUT2D eigenvalue weighted by Gasteiger charge is 2.53. The van der Waals surface area contributed by atoms with Crippen molar-refractivity contribution in [2.75, 3.05) is 12.4 Å². The molecule has 1 saturated heterocycles. The van der Waals surface area contributed by atoms with E-state index in [1.807, 2.05) is 6.92 Å². The van der Waals surface area contributed by atoms with E-state index in [1.54, 1.807) is 30.3 Å². The minimum atomic E-state index is -3.36. The molecule has 0 spiro atoms. The SMILES string of the molecule is C[C@]1(N=[N+]=[N-])CC[C@@H]2OCC(CS(=O)(=O)c3ccccc3)[C@@H]21. The fourth-order valence-electron chi connectivity index (χ4n) is 3.91. The normalized spacial score (nSPS) is 34.1. The molecule has 6 nitrogen and oxygen atoms in total. The number of ether oxygens (including phenoxy) is 1. The topological polar surface area (TPSA) is 92.1 Å². The summed E-state index contributed by atoms with van der Waals surface area (Å²) >= 11 is 0. The summed E-state index contributed by atoms with van der Waals surface area (Å²) in [6.07, 6.45) is 1.57. The molecule has 1 aliphatic heterocycles. The lowest BCUT2D eigenvalue weighted by molar-refractivity contribution is 0.0982. The van der Waals surface area contributed by atoms with Crippen LogP contribution >= 0.6 is 0 Å². The van der Waals surface area contributed by atoms with Crippen LogP contribution in [0.1, 0.15) is 19.8 Å². The van der Waals surface area contributed by atoms with Gasteiger partial charge < -0.3 is 4.74 Å². The van der Waals surface area contributed by atoms with Gasteiger partial charge in [0, 0.05) is 16.7 Å². The molecule has 0 amide bonds. The van der Waals surface area contributed by atoms with E-state index in [0.29, 0.717) is 11.5 Å². The van der Waals surface area contributed by atoms with Gasteiger partial charge >= 0.3 is 0 Å². The number of rotatable bonds is 4. The molecule has 1 saturated carbocycles. The van der Waals surface area contributed by atoms with Crippen LogP contribution in [0.5, 0.6) is 0 Å². The van der Waals surface area contributed by atoms with E-state index in [0.717, 1.165) is 12.8 Å². The molecule has 2 aliphatic rings. The van der Waals surface area contributed by atoms with Crippen LogP contribution < -0.4 is 0 Å². The molecule has 118 valence electrons. The van der Waals surface area contributed by atoms with Crippen molar-refractivity contribution in [3.63, 3.8) is 0 Å². The number of sulfone groups is 1. The van der Waals surface area contributed by atoms with E-state index in [4.69, 9.17) is 10.3 Å². The standard InChI is InChI=1S/C15H19N3O3S/c1-15(17-18-16)8-7-13-14(15)11(9-21-13)10-22(19,20)12-5-3-2-4-6-12/h2-6,11,13-14H,7-10H2,1H3/t11?,13-,14-,15-/m0/s1. The van der Waals surface area contributed by atoms with Crippen molar-refractivity contribution in [3.05, 3.63) is 40.8 Å². The van der Waals surface area contributed by atoms with Crippen molar-refractivity contribution in [2.45, 2.75) is 36.3 Å². The summed E-state index contributed by atoms with van der Waals surface area (Å²) < 4.78 is 30.9. The highest BCUT2D eigenvalue weighted by atomic mass is 32.2. The molecule has 1 heterocycles. The Bertz CT molecular complexity index is 700. The Balaban J connectivity index is 1.85. The summed E-state index contributed by atoms with van der Waals surface area (Å²) in [6, 6.07) is 8.47. The van der Waals surface area contributed by atoms with Crippen LogP contribution in [0.25, 0.3) is 10.4 Å². The van der Waals surface area contributed by atoms with Gasteiger partial charge in [0.2, 0.25) is 0 Å².